The molecule has 10 nitrogen and oxygen atoms in total. The molecule has 1 aromatic carbocycles. The largest absolute Gasteiger partial charge is 0.378 e. The summed E-state index contributed by atoms with van der Waals surface area (Å²) in [5, 5.41) is 14.9. The van der Waals surface area contributed by atoms with Gasteiger partial charge in [0.05, 0.1) is 30.1 Å². The molecule has 0 bridgehead atoms. The van der Waals surface area contributed by atoms with E-state index >= 15 is 0 Å². The second-order valence-electron chi connectivity index (χ2n) is 12.9. The molecule has 2 aliphatic heterocycles. The van der Waals surface area contributed by atoms with Crippen LogP contribution in [-0.2, 0) is 17.8 Å². The highest BCUT2D eigenvalue weighted by Gasteiger charge is 2.42. The minimum Gasteiger partial charge on any atom is -0.378 e. The van der Waals surface area contributed by atoms with E-state index in [4.69, 9.17) is 14.8 Å². The maximum Gasteiger partial charge on any atom is 0.150 e. The standard InChI is InChI=1S/C32H39N9O/c1-37(2)25-14-26(27-16-33-41(29(27)15-25)31-6-3-4-13-42-31)28-21-40(36-35-28)20-24-19-39-18-23(7-8-30(39)34-24)17-38-12-11-32(22-38)9-5-10-32/h7-8,14-16,18-19,21,31H,3-6,9-13,17,20,22H2,1-2H3. The number of aromatic nitrogens is 7. The van der Waals surface area contributed by atoms with Crippen molar-refractivity contribution >= 4 is 22.2 Å². The molecule has 2 saturated heterocycles. The van der Waals surface area contributed by atoms with Crippen LogP contribution in [-0.4, -0.2) is 72.9 Å². The van der Waals surface area contributed by atoms with Gasteiger partial charge in [-0.15, -0.1) is 5.10 Å². The van der Waals surface area contributed by atoms with E-state index in [2.05, 4.69) is 75.3 Å². The van der Waals surface area contributed by atoms with Crippen molar-refractivity contribution in [2.45, 2.75) is 64.3 Å². The van der Waals surface area contributed by atoms with E-state index in [-0.39, 0.29) is 6.23 Å². The number of benzene rings is 1. The summed E-state index contributed by atoms with van der Waals surface area (Å²) in [6.07, 6.45) is 17.2. The zero-order chi connectivity index (χ0) is 28.3. The van der Waals surface area contributed by atoms with E-state index in [1.165, 1.54) is 44.3 Å². The smallest absolute Gasteiger partial charge is 0.150 e. The lowest BCUT2D eigenvalue weighted by Crippen LogP contribution is -2.32. The molecule has 1 unspecified atom stereocenters. The van der Waals surface area contributed by atoms with Crippen LogP contribution in [0.3, 0.4) is 0 Å². The molecule has 3 fully saturated rings. The lowest BCUT2D eigenvalue weighted by atomic mass is 9.68. The van der Waals surface area contributed by atoms with E-state index in [0.717, 1.165) is 71.6 Å². The first-order chi connectivity index (χ1) is 20.5. The average Bonchev–Trinajstić information content (AvgIpc) is 3.78. The first-order valence-electron chi connectivity index (χ1n) is 15.4. The van der Waals surface area contributed by atoms with Crippen LogP contribution < -0.4 is 4.90 Å². The summed E-state index contributed by atoms with van der Waals surface area (Å²) >= 11 is 0. The lowest BCUT2D eigenvalue weighted by Gasteiger charge is -2.38. The third-order valence-electron chi connectivity index (χ3n) is 9.68. The summed E-state index contributed by atoms with van der Waals surface area (Å²) in [6, 6.07) is 8.73. The zero-order valence-corrected chi connectivity index (χ0v) is 24.6. The first-order valence-corrected chi connectivity index (χ1v) is 15.4. The molecule has 5 aromatic rings. The number of anilines is 1. The molecule has 0 amide bonds. The van der Waals surface area contributed by atoms with Gasteiger partial charge < -0.3 is 14.0 Å². The van der Waals surface area contributed by atoms with E-state index in [0.29, 0.717) is 12.0 Å². The quantitative estimate of drug-likeness (QED) is 0.271. The van der Waals surface area contributed by atoms with Crippen molar-refractivity contribution in [2.75, 3.05) is 38.7 Å². The van der Waals surface area contributed by atoms with Crippen LogP contribution in [0.5, 0.6) is 0 Å². The fourth-order valence-electron chi connectivity index (χ4n) is 7.18. The molecule has 8 rings (SSSR count). The topological polar surface area (TPSA) is 81.5 Å². The van der Waals surface area contributed by atoms with Crippen molar-refractivity contribution in [1.29, 1.82) is 0 Å². The van der Waals surface area contributed by atoms with Crippen molar-refractivity contribution < 1.29 is 4.74 Å². The zero-order valence-electron chi connectivity index (χ0n) is 24.6. The van der Waals surface area contributed by atoms with Gasteiger partial charge >= 0.3 is 0 Å². The number of hydrogen-bond donors (Lipinski definition) is 0. The van der Waals surface area contributed by atoms with Crippen molar-refractivity contribution in [3.8, 4) is 11.3 Å². The van der Waals surface area contributed by atoms with Crippen molar-refractivity contribution in [3.05, 3.63) is 60.3 Å². The molecular weight excluding hydrogens is 526 g/mol. The normalized spacial score (nSPS) is 20.6. The van der Waals surface area contributed by atoms with Gasteiger partial charge in [-0.25, -0.2) is 14.3 Å². The summed E-state index contributed by atoms with van der Waals surface area (Å²) in [6.45, 7) is 4.84. The maximum atomic E-state index is 6.07. The number of hydrogen-bond acceptors (Lipinski definition) is 7. The number of fused-ring (bicyclic) bond motifs is 2. The Labute approximate surface area is 245 Å². The molecule has 0 radical (unpaired) electrons. The van der Waals surface area contributed by atoms with Crippen LogP contribution in [0.4, 0.5) is 5.69 Å². The number of rotatable bonds is 7. The van der Waals surface area contributed by atoms with Crippen LogP contribution in [0.1, 0.15) is 62.4 Å². The van der Waals surface area contributed by atoms with Crippen LogP contribution in [0.15, 0.2) is 49.1 Å². The van der Waals surface area contributed by atoms with Crippen molar-refractivity contribution in [1.82, 2.24) is 39.1 Å². The SMILES string of the molecule is CN(C)c1cc(-c2cn(Cc3cn4cc(CN5CCC6(CCC6)C5)ccc4n3)nn2)c2cnn(C3CCCCO3)c2c1. The summed E-state index contributed by atoms with van der Waals surface area (Å²) < 4.78 is 12.1. The predicted molar refractivity (Wildman–Crippen MR) is 162 cm³/mol. The molecule has 42 heavy (non-hydrogen) atoms. The Morgan fingerprint density at radius 3 is 2.74 bits per heavy atom. The third-order valence-corrected chi connectivity index (χ3v) is 9.68. The number of imidazole rings is 1. The van der Waals surface area contributed by atoms with E-state index in [1.54, 1.807) is 0 Å². The average molecular weight is 566 g/mol. The number of ether oxygens (including phenoxy) is 1. The molecule has 218 valence electrons. The fourth-order valence-corrected chi connectivity index (χ4v) is 7.18. The van der Waals surface area contributed by atoms with Crippen LogP contribution in [0.25, 0.3) is 27.8 Å². The molecule has 1 atom stereocenters. The van der Waals surface area contributed by atoms with Gasteiger partial charge in [0, 0.05) is 62.8 Å². The van der Waals surface area contributed by atoms with Crippen molar-refractivity contribution in [2.24, 2.45) is 5.41 Å². The molecule has 10 heteroatoms. The summed E-state index contributed by atoms with van der Waals surface area (Å²) in [4.78, 5) is 9.62. The lowest BCUT2D eigenvalue weighted by molar-refractivity contribution is -0.0366. The summed E-state index contributed by atoms with van der Waals surface area (Å²) in [7, 11) is 4.12. The van der Waals surface area contributed by atoms with Gasteiger partial charge in [-0.05, 0) is 74.2 Å². The molecule has 1 saturated carbocycles. The second kappa shape index (κ2) is 10.2. The monoisotopic (exact) mass is 565 g/mol. The minimum atomic E-state index is -0.0255. The molecule has 0 N–H and O–H groups in total. The Balaban J connectivity index is 1.03. The Morgan fingerprint density at radius 1 is 1.02 bits per heavy atom. The first kappa shape index (κ1) is 25.9. The summed E-state index contributed by atoms with van der Waals surface area (Å²) in [5.74, 6) is 0. The highest BCUT2D eigenvalue weighted by Crippen LogP contribution is 2.48. The van der Waals surface area contributed by atoms with E-state index < -0.39 is 0 Å². The van der Waals surface area contributed by atoms with Gasteiger partial charge in [0.25, 0.3) is 0 Å². The molecule has 3 aliphatic rings. The molecule has 1 spiro atoms. The molecular formula is C32H39N9O. The Kier molecular flexibility index (Phi) is 6.29. The van der Waals surface area contributed by atoms with E-state index in [9.17, 15) is 0 Å². The van der Waals surface area contributed by atoms with Crippen LogP contribution in [0, 0.1) is 5.41 Å². The fraction of sp³-hybridized carbons (Fsp3) is 0.500. The number of nitrogens with zero attached hydrogens (tertiary/aromatic N) is 9. The van der Waals surface area contributed by atoms with Gasteiger partial charge in [0.2, 0.25) is 0 Å². The Morgan fingerprint density at radius 2 is 1.95 bits per heavy atom. The van der Waals surface area contributed by atoms with Gasteiger partial charge in [-0.3, -0.25) is 4.90 Å². The maximum absolute atomic E-state index is 6.07. The van der Waals surface area contributed by atoms with Crippen LogP contribution >= 0.6 is 0 Å². The van der Waals surface area contributed by atoms with Crippen molar-refractivity contribution in [3.63, 3.8) is 0 Å². The predicted octanol–water partition coefficient (Wildman–Crippen LogP) is 5.13. The molecule has 1 aliphatic carbocycles. The summed E-state index contributed by atoms with van der Waals surface area (Å²) in [5.41, 5.74) is 7.91. The third kappa shape index (κ3) is 4.66. The van der Waals surface area contributed by atoms with Gasteiger partial charge in [0.15, 0.2) is 6.23 Å². The number of likely N-dealkylation sites (tertiary alicyclic amines) is 1. The Hall–Kier alpha value is -3.76. The van der Waals surface area contributed by atoms with Gasteiger partial charge in [-0.2, -0.15) is 5.10 Å². The van der Waals surface area contributed by atoms with Gasteiger partial charge in [0.1, 0.15) is 11.3 Å². The van der Waals surface area contributed by atoms with Gasteiger partial charge in [-0.1, -0.05) is 17.7 Å². The number of pyridine rings is 1. The Bertz CT molecular complexity index is 1740. The highest BCUT2D eigenvalue weighted by atomic mass is 16.5. The van der Waals surface area contributed by atoms with E-state index in [1.807, 2.05) is 21.8 Å². The minimum absolute atomic E-state index is 0.0255. The highest BCUT2D eigenvalue weighted by molar-refractivity contribution is 5.96. The molecule has 6 heterocycles. The van der Waals surface area contributed by atoms with Crippen LogP contribution in [0.2, 0.25) is 0 Å². The second-order valence-corrected chi connectivity index (χ2v) is 12.9. The molecule has 4 aromatic heterocycles.